The van der Waals surface area contributed by atoms with Gasteiger partial charge in [-0.05, 0) is 6.07 Å². The molecule has 2 heterocycles. The zero-order valence-corrected chi connectivity index (χ0v) is 10.2. The number of hydrogen-bond donors (Lipinski definition) is 1. The molecule has 1 N–H and O–H groups in total. The van der Waals surface area contributed by atoms with E-state index in [4.69, 9.17) is 9.47 Å². The second-order valence-corrected chi connectivity index (χ2v) is 3.99. The molecule has 1 saturated heterocycles. The first-order chi connectivity index (χ1) is 8.77. The van der Waals surface area contributed by atoms with Gasteiger partial charge in [0.2, 0.25) is 0 Å². The van der Waals surface area contributed by atoms with Crippen LogP contribution < -0.4 is 4.74 Å². The number of carbonyl (C=O) groups excluding carboxylic acids is 1. The monoisotopic (exact) mass is 252 g/mol. The van der Waals surface area contributed by atoms with Crippen LogP contribution in [0.5, 0.6) is 5.75 Å². The van der Waals surface area contributed by atoms with Gasteiger partial charge in [-0.3, -0.25) is 9.78 Å². The fourth-order valence-corrected chi connectivity index (χ4v) is 1.95. The number of aromatic nitrogens is 1. The molecular formula is C12H16N2O4. The van der Waals surface area contributed by atoms with Crippen LogP contribution in [0.4, 0.5) is 0 Å². The van der Waals surface area contributed by atoms with Gasteiger partial charge in [-0.2, -0.15) is 0 Å². The van der Waals surface area contributed by atoms with E-state index in [0.717, 1.165) is 0 Å². The van der Waals surface area contributed by atoms with Crippen LogP contribution >= 0.6 is 0 Å². The Morgan fingerprint density at radius 2 is 2.56 bits per heavy atom. The fraction of sp³-hybridized carbons (Fsp3) is 0.500. The Hall–Kier alpha value is -1.66. The third kappa shape index (κ3) is 2.44. The highest BCUT2D eigenvalue weighted by Gasteiger charge is 2.29. The lowest BCUT2D eigenvalue weighted by Gasteiger charge is -2.34. The van der Waals surface area contributed by atoms with E-state index in [-0.39, 0.29) is 18.6 Å². The number of ether oxygens (including phenoxy) is 2. The van der Waals surface area contributed by atoms with Crippen molar-refractivity contribution < 1.29 is 19.4 Å². The smallest absolute Gasteiger partial charge is 0.258 e. The molecule has 0 aromatic carbocycles. The molecule has 1 unspecified atom stereocenters. The first kappa shape index (κ1) is 12.8. The van der Waals surface area contributed by atoms with Gasteiger partial charge in [-0.25, -0.2) is 0 Å². The Bertz CT molecular complexity index is 424. The number of carbonyl (C=O) groups is 1. The average Bonchev–Trinajstić information content (AvgIpc) is 2.46. The topological polar surface area (TPSA) is 71.9 Å². The Kier molecular flexibility index (Phi) is 4.11. The third-order valence-electron chi connectivity index (χ3n) is 2.93. The molecular weight excluding hydrogens is 236 g/mol. The van der Waals surface area contributed by atoms with Gasteiger partial charge >= 0.3 is 0 Å². The Morgan fingerprint density at radius 1 is 1.72 bits per heavy atom. The van der Waals surface area contributed by atoms with Gasteiger partial charge in [-0.15, -0.1) is 0 Å². The van der Waals surface area contributed by atoms with Crippen LogP contribution in [0.25, 0.3) is 0 Å². The minimum atomic E-state index is -0.302. The molecule has 0 saturated carbocycles. The second-order valence-electron chi connectivity index (χ2n) is 3.99. The lowest BCUT2D eigenvalue weighted by molar-refractivity contribution is -0.0185. The molecule has 98 valence electrons. The molecule has 0 bridgehead atoms. The van der Waals surface area contributed by atoms with Crippen molar-refractivity contribution in [3.05, 3.63) is 24.0 Å². The molecule has 0 spiro atoms. The summed E-state index contributed by atoms with van der Waals surface area (Å²) in [5.41, 5.74) is 0.452. The van der Waals surface area contributed by atoms with E-state index in [1.807, 2.05) is 0 Å². The summed E-state index contributed by atoms with van der Waals surface area (Å²) in [6.45, 7) is 1.19. The molecule has 1 amide bonds. The summed E-state index contributed by atoms with van der Waals surface area (Å²) in [6.07, 6.45) is 3.05. The second kappa shape index (κ2) is 5.79. The summed E-state index contributed by atoms with van der Waals surface area (Å²) in [6, 6.07) is 1.31. The maximum absolute atomic E-state index is 12.4. The summed E-state index contributed by atoms with van der Waals surface area (Å²) < 4.78 is 10.4. The molecule has 1 atom stereocenters. The quantitative estimate of drug-likeness (QED) is 0.815. The average molecular weight is 252 g/mol. The maximum Gasteiger partial charge on any atom is 0.258 e. The lowest BCUT2D eigenvalue weighted by atomic mass is 10.1. The van der Waals surface area contributed by atoms with Crippen LogP contribution in [0.15, 0.2) is 18.5 Å². The van der Waals surface area contributed by atoms with Crippen molar-refractivity contribution in [1.29, 1.82) is 0 Å². The Labute approximate surface area is 105 Å². The molecule has 2 rings (SSSR count). The summed E-state index contributed by atoms with van der Waals surface area (Å²) in [4.78, 5) is 17.9. The van der Waals surface area contributed by atoms with Crippen LogP contribution in [0.1, 0.15) is 10.4 Å². The first-order valence-electron chi connectivity index (χ1n) is 5.75. The molecule has 0 radical (unpaired) electrons. The number of morpholine rings is 1. The van der Waals surface area contributed by atoms with E-state index in [0.29, 0.717) is 31.1 Å². The van der Waals surface area contributed by atoms with Crippen LogP contribution in [0, 0.1) is 0 Å². The number of aliphatic hydroxyl groups is 1. The SMILES string of the molecule is COc1cnccc1C(=O)N1CCOCC1CO. The maximum atomic E-state index is 12.4. The number of nitrogens with zero attached hydrogens (tertiary/aromatic N) is 2. The zero-order valence-electron chi connectivity index (χ0n) is 10.2. The van der Waals surface area contributed by atoms with E-state index in [9.17, 15) is 9.90 Å². The van der Waals surface area contributed by atoms with E-state index < -0.39 is 0 Å². The molecule has 1 aliphatic heterocycles. The molecule has 1 fully saturated rings. The minimum Gasteiger partial charge on any atom is -0.494 e. The molecule has 1 aromatic heterocycles. The zero-order chi connectivity index (χ0) is 13.0. The minimum absolute atomic E-state index is 0.112. The summed E-state index contributed by atoms with van der Waals surface area (Å²) >= 11 is 0. The predicted molar refractivity (Wildman–Crippen MR) is 63.5 cm³/mol. The number of aliphatic hydroxyl groups excluding tert-OH is 1. The van der Waals surface area contributed by atoms with Crippen molar-refractivity contribution in [2.45, 2.75) is 6.04 Å². The van der Waals surface area contributed by atoms with E-state index in [1.54, 1.807) is 17.2 Å². The molecule has 1 aliphatic rings. The van der Waals surface area contributed by atoms with Gasteiger partial charge in [0.05, 0.1) is 44.7 Å². The van der Waals surface area contributed by atoms with Crippen molar-refractivity contribution >= 4 is 5.91 Å². The highest BCUT2D eigenvalue weighted by atomic mass is 16.5. The van der Waals surface area contributed by atoms with Crippen LogP contribution in [-0.4, -0.2) is 60.4 Å². The Balaban J connectivity index is 2.24. The highest BCUT2D eigenvalue weighted by Crippen LogP contribution is 2.20. The predicted octanol–water partition coefficient (Wildman–Crippen LogP) is -0.0765. The molecule has 6 nitrogen and oxygen atoms in total. The van der Waals surface area contributed by atoms with Crippen molar-refractivity contribution in [2.24, 2.45) is 0 Å². The van der Waals surface area contributed by atoms with Gasteiger partial charge in [0.25, 0.3) is 5.91 Å². The van der Waals surface area contributed by atoms with Gasteiger partial charge in [-0.1, -0.05) is 0 Å². The van der Waals surface area contributed by atoms with Crippen molar-refractivity contribution in [3.63, 3.8) is 0 Å². The van der Waals surface area contributed by atoms with Crippen LogP contribution in [-0.2, 0) is 4.74 Å². The number of methoxy groups -OCH3 is 1. The fourth-order valence-electron chi connectivity index (χ4n) is 1.95. The van der Waals surface area contributed by atoms with Crippen molar-refractivity contribution in [2.75, 3.05) is 33.5 Å². The van der Waals surface area contributed by atoms with E-state index >= 15 is 0 Å². The molecule has 1 aromatic rings. The van der Waals surface area contributed by atoms with Gasteiger partial charge in [0, 0.05) is 12.7 Å². The summed E-state index contributed by atoms with van der Waals surface area (Å²) in [7, 11) is 1.50. The number of hydrogen-bond acceptors (Lipinski definition) is 5. The summed E-state index contributed by atoms with van der Waals surface area (Å²) in [5, 5.41) is 9.27. The van der Waals surface area contributed by atoms with Crippen molar-refractivity contribution in [3.8, 4) is 5.75 Å². The van der Waals surface area contributed by atoms with Crippen LogP contribution in [0.3, 0.4) is 0 Å². The van der Waals surface area contributed by atoms with Crippen molar-refractivity contribution in [1.82, 2.24) is 9.88 Å². The Morgan fingerprint density at radius 3 is 3.28 bits per heavy atom. The van der Waals surface area contributed by atoms with E-state index in [1.165, 1.54) is 13.3 Å². The standard InChI is InChI=1S/C12H16N2O4/c1-17-11-6-13-3-2-10(11)12(16)14-4-5-18-8-9(14)7-15/h2-3,6,9,15H,4-5,7-8H2,1H3. The van der Waals surface area contributed by atoms with E-state index in [2.05, 4.69) is 4.98 Å². The third-order valence-corrected chi connectivity index (χ3v) is 2.93. The van der Waals surface area contributed by atoms with Gasteiger partial charge in [0.1, 0.15) is 5.75 Å². The van der Waals surface area contributed by atoms with Gasteiger partial charge in [0.15, 0.2) is 0 Å². The molecule has 6 heteroatoms. The summed E-state index contributed by atoms with van der Waals surface area (Å²) in [5.74, 6) is 0.266. The highest BCUT2D eigenvalue weighted by molar-refractivity contribution is 5.97. The van der Waals surface area contributed by atoms with Crippen LogP contribution in [0.2, 0.25) is 0 Å². The number of amides is 1. The first-order valence-corrected chi connectivity index (χ1v) is 5.75. The molecule has 18 heavy (non-hydrogen) atoms. The molecule has 0 aliphatic carbocycles. The lowest BCUT2D eigenvalue weighted by Crippen LogP contribution is -2.50. The number of rotatable bonds is 3. The largest absolute Gasteiger partial charge is 0.494 e. The normalized spacial score (nSPS) is 19.7. The van der Waals surface area contributed by atoms with Gasteiger partial charge < -0.3 is 19.5 Å². The number of pyridine rings is 1.